The predicted octanol–water partition coefficient (Wildman–Crippen LogP) is 2.42. The molecule has 1 aliphatic rings. The van der Waals surface area contributed by atoms with E-state index in [-0.39, 0.29) is 18.9 Å². The number of amides is 1. The first kappa shape index (κ1) is 14.5. The third kappa shape index (κ3) is 2.97. The van der Waals surface area contributed by atoms with Crippen LogP contribution < -0.4 is 4.90 Å². The lowest BCUT2D eigenvalue weighted by Crippen LogP contribution is -2.27. The molecule has 2 rings (SSSR count). The van der Waals surface area contributed by atoms with Gasteiger partial charge in [0.05, 0.1) is 5.69 Å². The fraction of sp³-hybridized carbons (Fsp3) is 0.417. The molecule has 4 nitrogen and oxygen atoms in total. The van der Waals surface area contributed by atoms with Crippen LogP contribution in [-0.2, 0) is 21.4 Å². The van der Waals surface area contributed by atoms with Gasteiger partial charge in [0.1, 0.15) is 5.25 Å². The Bertz CT molecular complexity index is 617. The first-order valence-corrected chi connectivity index (χ1v) is 8.09. The Kier molecular flexibility index (Phi) is 3.96. The summed E-state index contributed by atoms with van der Waals surface area (Å²) < 4.78 is 35.4. The number of carbonyl (C=O) groups is 1. The summed E-state index contributed by atoms with van der Waals surface area (Å²) in [6, 6.07) is 5.48. The maximum atomic E-state index is 13.0. The van der Waals surface area contributed by atoms with Crippen molar-refractivity contribution in [1.82, 2.24) is 0 Å². The first-order chi connectivity index (χ1) is 8.82. The van der Waals surface area contributed by atoms with E-state index >= 15 is 0 Å². The highest BCUT2D eigenvalue weighted by Gasteiger charge is 2.39. The molecule has 1 heterocycles. The van der Waals surface area contributed by atoms with Gasteiger partial charge < -0.3 is 4.90 Å². The molecule has 1 unspecified atom stereocenters. The second-order valence-corrected chi connectivity index (χ2v) is 6.92. The van der Waals surface area contributed by atoms with Gasteiger partial charge in [-0.25, -0.2) is 0 Å². The van der Waals surface area contributed by atoms with Crippen molar-refractivity contribution in [2.24, 2.45) is 0 Å². The van der Waals surface area contributed by atoms with Gasteiger partial charge in [-0.05, 0) is 40.0 Å². The van der Waals surface area contributed by atoms with E-state index in [1.54, 1.807) is 6.07 Å². The molecule has 0 aromatic heterocycles. The number of hydrogen-bond acceptors (Lipinski definition) is 3. The molecule has 0 aliphatic carbocycles. The van der Waals surface area contributed by atoms with Crippen molar-refractivity contribution in [1.29, 1.82) is 0 Å². The zero-order valence-electron chi connectivity index (χ0n) is 10.3. The van der Waals surface area contributed by atoms with Crippen LogP contribution in [0, 0.1) is 0 Å². The lowest BCUT2D eigenvalue weighted by molar-refractivity contribution is -0.117. The summed E-state index contributed by atoms with van der Waals surface area (Å²) in [5.41, 5.74) is 1.67. The first-order valence-electron chi connectivity index (χ1n) is 5.85. The Morgan fingerprint density at radius 2 is 2.16 bits per heavy atom. The van der Waals surface area contributed by atoms with Crippen LogP contribution in [-0.4, -0.2) is 26.1 Å². The molecule has 0 bridgehead atoms. The second-order valence-electron chi connectivity index (χ2n) is 4.45. The van der Waals surface area contributed by atoms with Gasteiger partial charge in [-0.1, -0.05) is 13.0 Å². The van der Waals surface area contributed by atoms with E-state index in [9.17, 15) is 17.1 Å². The van der Waals surface area contributed by atoms with Gasteiger partial charge in [-0.15, -0.1) is 3.89 Å². The molecule has 1 aliphatic heterocycles. The van der Waals surface area contributed by atoms with E-state index in [2.05, 4.69) is 15.9 Å². The monoisotopic (exact) mass is 349 g/mol. The highest BCUT2D eigenvalue weighted by molar-refractivity contribution is 9.10. The van der Waals surface area contributed by atoms with Crippen molar-refractivity contribution in [3.63, 3.8) is 0 Å². The highest BCUT2D eigenvalue weighted by atomic mass is 79.9. The molecule has 1 aromatic carbocycles. The summed E-state index contributed by atoms with van der Waals surface area (Å²) in [5, 5.41) is -1.27. The summed E-state index contributed by atoms with van der Waals surface area (Å²) in [6.07, 6.45) is 0.551. The van der Waals surface area contributed by atoms with Gasteiger partial charge in [-0.2, -0.15) is 8.42 Å². The third-order valence-corrected chi connectivity index (χ3v) is 4.95. The zero-order chi connectivity index (χ0) is 14.2. The SMILES string of the molecule is CCc1ccc(N2CC(S(=O)(=O)F)CC2=O)c(Br)c1. The number of rotatable bonds is 3. The van der Waals surface area contributed by atoms with Gasteiger partial charge in [0.25, 0.3) is 0 Å². The number of benzene rings is 1. The Hall–Kier alpha value is -0.950. The van der Waals surface area contributed by atoms with Gasteiger partial charge in [0, 0.05) is 17.4 Å². The normalized spacial score (nSPS) is 20.1. The van der Waals surface area contributed by atoms with Crippen LogP contribution in [0.15, 0.2) is 22.7 Å². The minimum Gasteiger partial charge on any atom is -0.310 e. The quantitative estimate of drug-likeness (QED) is 0.787. The third-order valence-electron chi connectivity index (χ3n) is 3.20. The lowest BCUT2D eigenvalue weighted by Gasteiger charge is -2.18. The summed E-state index contributed by atoms with van der Waals surface area (Å²) in [4.78, 5) is 13.1. The van der Waals surface area contributed by atoms with Crippen molar-refractivity contribution < 1.29 is 17.1 Å². The molecule has 19 heavy (non-hydrogen) atoms. The second kappa shape index (κ2) is 5.20. The van der Waals surface area contributed by atoms with Crippen LogP contribution in [0.3, 0.4) is 0 Å². The standard InChI is InChI=1S/C12H13BrFNO3S/c1-2-8-3-4-11(10(13)5-8)15-7-9(6-12(15)16)19(14,17)18/h3-5,9H,2,6-7H2,1H3. The van der Waals surface area contributed by atoms with E-state index in [1.807, 2.05) is 19.1 Å². The van der Waals surface area contributed by atoms with Crippen molar-refractivity contribution >= 4 is 37.7 Å². The molecule has 0 radical (unpaired) electrons. The molecule has 1 atom stereocenters. The number of carbonyl (C=O) groups excluding carboxylic acids is 1. The lowest BCUT2D eigenvalue weighted by atomic mass is 10.1. The van der Waals surface area contributed by atoms with Crippen molar-refractivity contribution in [2.45, 2.75) is 25.0 Å². The maximum absolute atomic E-state index is 13.0. The average Bonchev–Trinajstić information content (AvgIpc) is 2.71. The predicted molar refractivity (Wildman–Crippen MR) is 74.3 cm³/mol. The fourth-order valence-electron chi connectivity index (χ4n) is 2.09. The Morgan fingerprint density at radius 1 is 1.47 bits per heavy atom. The minimum atomic E-state index is -4.68. The van der Waals surface area contributed by atoms with Crippen LogP contribution in [0.2, 0.25) is 0 Å². The molecule has 104 valence electrons. The van der Waals surface area contributed by atoms with Gasteiger partial charge in [0.15, 0.2) is 0 Å². The largest absolute Gasteiger partial charge is 0.310 e. The Labute approximate surface area is 119 Å². The summed E-state index contributed by atoms with van der Waals surface area (Å²) in [7, 11) is -4.68. The molecule has 1 fully saturated rings. The summed E-state index contributed by atoms with van der Waals surface area (Å²) >= 11 is 3.36. The Morgan fingerprint density at radius 3 is 2.63 bits per heavy atom. The van der Waals surface area contributed by atoms with E-state index < -0.39 is 15.5 Å². The number of anilines is 1. The minimum absolute atomic E-state index is 0.137. The molecule has 7 heteroatoms. The molecule has 1 amide bonds. The molecule has 0 spiro atoms. The van der Waals surface area contributed by atoms with Crippen molar-refractivity contribution in [3.8, 4) is 0 Å². The zero-order valence-corrected chi connectivity index (χ0v) is 12.7. The highest BCUT2D eigenvalue weighted by Crippen LogP contribution is 2.32. The summed E-state index contributed by atoms with van der Waals surface area (Å²) in [6.45, 7) is 1.87. The van der Waals surface area contributed by atoms with Crippen LogP contribution in [0.5, 0.6) is 0 Å². The van der Waals surface area contributed by atoms with Crippen molar-refractivity contribution in [2.75, 3.05) is 11.4 Å². The topological polar surface area (TPSA) is 54.5 Å². The molecular formula is C12H13BrFNO3S. The summed E-state index contributed by atoms with van der Waals surface area (Å²) in [5.74, 6) is -0.379. The van der Waals surface area contributed by atoms with Gasteiger partial charge in [-0.3, -0.25) is 4.79 Å². The van der Waals surface area contributed by atoms with Crippen LogP contribution in [0.1, 0.15) is 18.9 Å². The van der Waals surface area contributed by atoms with Crippen LogP contribution >= 0.6 is 15.9 Å². The molecular weight excluding hydrogens is 337 g/mol. The number of nitrogens with zero attached hydrogens (tertiary/aromatic N) is 1. The average molecular weight is 350 g/mol. The molecule has 0 saturated carbocycles. The maximum Gasteiger partial charge on any atom is 0.307 e. The number of hydrogen-bond donors (Lipinski definition) is 0. The smallest absolute Gasteiger partial charge is 0.307 e. The van der Waals surface area contributed by atoms with Gasteiger partial charge in [0.2, 0.25) is 5.91 Å². The van der Waals surface area contributed by atoms with Gasteiger partial charge >= 0.3 is 10.2 Å². The van der Waals surface area contributed by atoms with Crippen molar-refractivity contribution in [3.05, 3.63) is 28.2 Å². The molecule has 0 N–H and O–H groups in total. The van der Waals surface area contributed by atoms with E-state index in [0.717, 1.165) is 12.0 Å². The van der Waals surface area contributed by atoms with E-state index in [0.29, 0.717) is 10.2 Å². The number of halogens is 2. The van der Waals surface area contributed by atoms with Crippen LogP contribution in [0.25, 0.3) is 0 Å². The molecule has 1 aromatic rings. The van der Waals surface area contributed by atoms with Crippen LogP contribution in [0.4, 0.5) is 9.57 Å². The van der Waals surface area contributed by atoms with E-state index in [4.69, 9.17) is 0 Å². The van der Waals surface area contributed by atoms with E-state index in [1.165, 1.54) is 4.90 Å². The molecule has 1 saturated heterocycles. The number of aryl methyl sites for hydroxylation is 1. The Balaban J connectivity index is 2.31. The fourth-order valence-corrected chi connectivity index (χ4v) is 3.39.